The van der Waals surface area contributed by atoms with Crippen LogP contribution >= 0.6 is 11.8 Å². The Morgan fingerprint density at radius 2 is 1.90 bits per heavy atom. The van der Waals surface area contributed by atoms with Crippen LogP contribution in [0.3, 0.4) is 0 Å². The fourth-order valence-corrected chi connectivity index (χ4v) is 3.83. The highest BCUT2D eigenvalue weighted by Gasteiger charge is 2.15. The van der Waals surface area contributed by atoms with Crippen molar-refractivity contribution in [2.45, 2.75) is 39.3 Å². The van der Waals surface area contributed by atoms with Crippen molar-refractivity contribution in [3.63, 3.8) is 0 Å². The van der Waals surface area contributed by atoms with E-state index in [1.807, 2.05) is 50.2 Å². The van der Waals surface area contributed by atoms with E-state index >= 15 is 0 Å². The van der Waals surface area contributed by atoms with Crippen LogP contribution in [0, 0.1) is 19.8 Å². The maximum Gasteiger partial charge on any atom is 0.266 e. The average Bonchev–Trinajstić information content (AvgIpc) is 2.68. The van der Waals surface area contributed by atoms with E-state index in [2.05, 4.69) is 19.2 Å². The molecule has 1 amide bonds. The van der Waals surface area contributed by atoms with Crippen molar-refractivity contribution in [1.29, 1.82) is 0 Å². The van der Waals surface area contributed by atoms with Crippen LogP contribution in [-0.4, -0.2) is 27.8 Å². The topological polar surface area (TPSA) is 64.0 Å². The molecular weight excluding hydrogens is 382 g/mol. The minimum absolute atomic E-state index is 0.0512. The quantitative estimate of drug-likeness (QED) is 0.468. The lowest BCUT2D eigenvalue weighted by Gasteiger charge is -2.14. The highest BCUT2D eigenvalue weighted by Crippen LogP contribution is 2.22. The maximum absolute atomic E-state index is 13.2. The smallest absolute Gasteiger partial charge is 0.266 e. The van der Waals surface area contributed by atoms with Crippen LogP contribution in [0.2, 0.25) is 0 Å². The molecule has 3 rings (SSSR count). The number of carbonyl (C=O) groups is 1. The van der Waals surface area contributed by atoms with E-state index in [-0.39, 0.29) is 17.2 Å². The Labute approximate surface area is 175 Å². The molecule has 0 atom stereocenters. The van der Waals surface area contributed by atoms with E-state index in [9.17, 15) is 9.59 Å². The third-order valence-electron chi connectivity index (χ3n) is 4.87. The third-order valence-corrected chi connectivity index (χ3v) is 5.81. The summed E-state index contributed by atoms with van der Waals surface area (Å²) < 4.78 is 1.61. The number of fused-ring (bicyclic) bond motifs is 1. The second-order valence-electron chi connectivity index (χ2n) is 7.64. The van der Waals surface area contributed by atoms with Gasteiger partial charge in [0.1, 0.15) is 0 Å². The van der Waals surface area contributed by atoms with Crippen molar-refractivity contribution in [2.75, 3.05) is 12.3 Å². The molecule has 0 aliphatic carbocycles. The molecule has 0 saturated carbocycles. The standard InChI is InChI=1S/C23H27N3O2S/c1-15(2)11-12-24-21(27)14-29-23-25-20-8-6-5-7-19(20)22(28)26(23)18-10-9-16(3)17(4)13-18/h5-10,13,15H,11-12,14H2,1-4H3,(H,24,27). The van der Waals surface area contributed by atoms with Crippen molar-refractivity contribution < 1.29 is 4.79 Å². The summed E-state index contributed by atoms with van der Waals surface area (Å²) >= 11 is 1.29. The second kappa shape index (κ2) is 9.27. The Kier molecular flexibility index (Phi) is 6.75. The summed E-state index contributed by atoms with van der Waals surface area (Å²) in [6.45, 7) is 8.97. The van der Waals surface area contributed by atoms with Gasteiger partial charge in [0, 0.05) is 6.54 Å². The van der Waals surface area contributed by atoms with Gasteiger partial charge in [-0.1, -0.05) is 43.8 Å². The van der Waals surface area contributed by atoms with E-state index in [1.54, 1.807) is 10.6 Å². The van der Waals surface area contributed by atoms with Gasteiger partial charge in [0.15, 0.2) is 5.16 Å². The fraction of sp³-hybridized carbons (Fsp3) is 0.348. The summed E-state index contributed by atoms with van der Waals surface area (Å²) in [4.78, 5) is 30.2. The highest BCUT2D eigenvalue weighted by molar-refractivity contribution is 7.99. The number of nitrogens with one attached hydrogen (secondary N) is 1. The van der Waals surface area contributed by atoms with Gasteiger partial charge in [-0.2, -0.15) is 0 Å². The van der Waals surface area contributed by atoms with Crippen molar-refractivity contribution in [1.82, 2.24) is 14.9 Å². The number of amides is 1. The predicted octanol–water partition coefficient (Wildman–Crippen LogP) is 4.26. The van der Waals surface area contributed by atoms with Gasteiger partial charge in [-0.05, 0) is 61.6 Å². The first-order valence-electron chi connectivity index (χ1n) is 9.85. The molecule has 0 aliphatic heterocycles. The highest BCUT2D eigenvalue weighted by atomic mass is 32.2. The van der Waals surface area contributed by atoms with Crippen LogP contribution in [0.1, 0.15) is 31.4 Å². The molecule has 1 N–H and O–H groups in total. The zero-order valence-electron chi connectivity index (χ0n) is 17.4. The number of aromatic nitrogens is 2. The van der Waals surface area contributed by atoms with Crippen molar-refractivity contribution >= 4 is 28.6 Å². The number of aryl methyl sites for hydroxylation is 2. The van der Waals surface area contributed by atoms with Gasteiger partial charge >= 0.3 is 0 Å². The molecular formula is C23H27N3O2S. The number of para-hydroxylation sites is 1. The Morgan fingerprint density at radius 1 is 1.14 bits per heavy atom. The summed E-state index contributed by atoms with van der Waals surface area (Å²) in [5.74, 6) is 0.707. The maximum atomic E-state index is 13.2. The predicted molar refractivity (Wildman–Crippen MR) is 120 cm³/mol. The first kappa shape index (κ1) is 21.1. The van der Waals surface area contributed by atoms with Crippen molar-refractivity contribution in [2.24, 2.45) is 5.92 Å². The van der Waals surface area contributed by atoms with Crippen LogP contribution in [-0.2, 0) is 4.79 Å². The SMILES string of the molecule is Cc1ccc(-n2c(SCC(=O)NCCC(C)C)nc3ccccc3c2=O)cc1C. The van der Waals surface area contributed by atoms with Crippen LogP contribution in [0.4, 0.5) is 0 Å². The Bertz CT molecular complexity index is 1090. The molecule has 0 bridgehead atoms. The number of carbonyl (C=O) groups excluding carboxylic acids is 1. The Hall–Kier alpha value is -2.60. The van der Waals surface area contributed by atoms with Gasteiger partial charge in [-0.15, -0.1) is 0 Å². The summed E-state index contributed by atoms with van der Waals surface area (Å²) in [5, 5.41) is 4.03. The van der Waals surface area contributed by atoms with Crippen LogP contribution in [0.25, 0.3) is 16.6 Å². The number of rotatable bonds is 7. The normalized spacial score (nSPS) is 11.2. The van der Waals surface area contributed by atoms with E-state index < -0.39 is 0 Å². The molecule has 3 aromatic rings. The molecule has 0 saturated heterocycles. The van der Waals surface area contributed by atoms with Crippen molar-refractivity contribution in [3.05, 3.63) is 63.9 Å². The van der Waals surface area contributed by atoms with Crippen LogP contribution < -0.4 is 10.9 Å². The summed E-state index contributed by atoms with van der Waals surface area (Å²) in [5.41, 5.74) is 3.54. The van der Waals surface area contributed by atoms with E-state index in [0.717, 1.165) is 23.2 Å². The monoisotopic (exact) mass is 409 g/mol. The lowest BCUT2D eigenvalue weighted by Crippen LogP contribution is -2.28. The first-order chi connectivity index (χ1) is 13.9. The van der Waals surface area contributed by atoms with Gasteiger partial charge in [-0.3, -0.25) is 14.2 Å². The fourth-order valence-electron chi connectivity index (χ4n) is 2.98. The molecule has 0 unspecified atom stereocenters. The average molecular weight is 410 g/mol. The zero-order chi connectivity index (χ0) is 21.0. The minimum atomic E-state index is -0.124. The number of nitrogens with zero attached hydrogens (tertiary/aromatic N) is 2. The summed E-state index contributed by atoms with van der Waals surface area (Å²) in [6.07, 6.45) is 0.942. The van der Waals surface area contributed by atoms with Gasteiger partial charge in [0.2, 0.25) is 5.91 Å². The molecule has 1 aromatic heterocycles. The molecule has 0 fully saturated rings. The number of hydrogen-bond donors (Lipinski definition) is 1. The second-order valence-corrected chi connectivity index (χ2v) is 8.58. The molecule has 0 aliphatic rings. The Morgan fingerprint density at radius 3 is 2.62 bits per heavy atom. The molecule has 152 valence electrons. The number of thioether (sulfide) groups is 1. The van der Waals surface area contributed by atoms with E-state index in [0.29, 0.717) is 28.5 Å². The zero-order valence-corrected chi connectivity index (χ0v) is 18.2. The molecule has 0 spiro atoms. The molecule has 0 radical (unpaired) electrons. The largest absolute Gasteiger partial charge is 0.355 e. The first-order valence-corrected chi connectivity index (χ1v) is 10.8. The van der Waals surface area contributed by atoms with Gasteiger partial charge < -0.3 is 5.32 Å². The number of benzene rings is 2. The lowest BCUT2D eigenvalue weighted by molar-refractivity contribution is -0.118. The molecule has 6 heteroatoms. The van der Waals surface area contributed by atoms with Crippen molar-refractivity contribution in [3.8, 4) is 5.69 Å². The summed E-state index contributed by atoms with van der Waals surface area (Å²) in [7, 11) is 0. The van der Waals surface area contributed by atoms with Gasteiger partial charge in [-0.25, -0.2) is 4.98 Å². The van der Waals surface area contributed by atoms with E-state index in [4.69, 9.17) is 4.98 Å². The van der Waals surface area contributed by atoms with Crippen LogP contribution in [0.15, 0.2) is 52.4 Å². The molecule has 1 heterocycles. The van der Waals surface area contributed by atoms with Gasteiger partial charge in [0.05, 0.1) is 22.3 Å². The van der Waals surface area contributed by atoms with Gasteiger partial charge in [0.25, 0.3) is 5.56 Å². The van der Waals surface area contributed by atoms with Crippen LogP contribution in [0.5, 0.6) is 0 Å². The lowest BCUT2D eigenvalue weighted by atomic mass is 10.1. The Balaban J connectivity index is 1.95. The third kappa shape index (κ3) is 5.07. The molecule has 29 heavy (non-hydrogen) atoms. The minimum Gasteiger partial charge on any atom is -0.355 e. The van der Waals surface area contributed by atoms with E-state index in [1.165, 1.54) is 11.8 Å². The number of hydrogen-bond acceptors (Lipinski definition) is 4. The molecule has 5 nitrogen and oxygen atoms in total. The molecule has 2 aromatic carbocycles. The summed E-state index contributed by atoms with van der Waals surface area (Å²) in [6, 6.07) is 13.2.